The van der Waals surface area contributed by atoms with E-state index in [0.29, 0.717) is 22.6 Å². The lowest BCUT2D eigenvalue weighted by atomic mass is 9.81. The average molecular weight is 520 g/mol. The number of imidazole rings is 1. The summed E-state index contributed by atoms with van der Waals surface area (Å²) in [6.07, 6.45) is 5.12. The fourth-order valence-corrected chi connectivity index (χ4v) is 4.65. The fourth-order valence-electron chi connectivity index (χ4n) is 4.65. The summed E-state index contributed by atoms with van der Waals surface area (Å²) in [5.41, 5.74) is 2.11. The molecule has 0 spiro atoms. The van der Waals surface area contributed by atoms with Crippen LogP contribution < -0.4 is 10.6 Å². The minimum absolute atomic E-state index is 0.0298. The standard InChI is InChI=1S/C25H32F3N7O2/c1-16(2)35-20(7-11-30-35)24(37)33-23(18-5-8-25(27,28)9-6-18)19-15-34-21(32-19)12-17(14-31-34)13-29-22(36)4-3-10-26/h7,11-12,14-16,18,23H,3-6,8-10,13H2,1-2H3,(H,29,36)(H,33,37)/t23-/m0/s1. The van der Waals surface area contributed by atoms with Crippen molar-refractivity contribution in [3.05, 3.63) is 47.7 Å². The third kappa shape index (κ3) is 6.47. The molecule has 1 fully saturated rings. The number of hydrogen-bond donors (Lipinski definition) is 2. The molecule has 3 aromatic heterocycles. The molecular weight excluding hydrogens is 487 g/mol. The van der Waals surface area contributed by atoms with Crippen LogP contribution in [0.4, 0.5) is 13.2 Å². The van der Waals surface area contributed by atoms with E-state index >= 15 is 0 Å². The molecule has 0 bridgehead atoms. The molecule has 2 N–H and O–H groups in total. The van der Waals surface area contributed by atoms with Crippen LogP contribution in [0.5, 0.6) is 0 Å². The Morgan fingerprint density at radius 2 is 1.97 bits per heavy atom. The summed E-state index contributed by atoms with van der Waals surface area (Å²) in [5, 5.41) is 14.3. The highest BCUT2D eigenvalue weighted by atomic mass is 19.3. The van der Waals surface area contributed by atoms with Gasteiger partial charge in [0, 0.05) is 38.0 Å². The van der Waals surface area contributed by atoms with Crippen molar-refractivity contribution in [2.45, 2.75) is 76.9 Å². The van der Waals surface area contributed by atoms with Crippen LogP contribution >= 0.6 is 0 Å². The fraction of sp³-hybridized carbons (Fsp3) is 0.560. The van der Waals surface area contributed by atoms with E-state index in [-0.39, 0.29) is 68.8 Å². The topological polar surface area (TPSA) is 106 Å². The number of halogens is 3. The molecule has 12 heteroatoms. The number of aromatic nitrogens is 5. The van der Waals surface area contributed by atoms with E-state index in [2.05, 4.69) is 25.8 Å². The van der Waals surface area contributed by atoms with Crippen molar-refractivity contribution in [3.63, 3.8) is 0 Å². The van der Waals surface area contributed by atoms with Crippen LogP contribution in [0.1, 0.15) is 86.2 Å². The highest BCUT2D eigenvalue weighted by Crippen LogP contribution is 2.41. The van der Waals surface area contributed by atoms with Crippen LogP contribution in [0.15, 0.2) is 30.7 Å². The lowest BCUT2D eigenvalue weighted by Crippen LogP contribution is -2.38. The van der Waals surface area contributed by atoms with Crippen molar-refractivity contribution >= 4 is 17.5 Å². The Kier molecular flexibility index (Phi) is 8.13. The highest BCUT2D eigenvalue weighted by molar-refractivity contribution is 5.92. The largest absolute Gasteiger partial charge is 0.352 e. The maximum absolute atomic E-state index is 13.9. The Labute approximate surface area is 212 Å². The van der Waals surface area contributed by atoms with Gasteiger partial charge in [-0.3, -0.25) is 18.7 Å². The molecule has 0 unspecified atom stereocenters. The van der Waals surface area contributed by atoms with Gasteiger partial charge in [-0.25, -0.2) is 18.3 Å². The zero-order chi connectivity index (χ0) is 26.6. The molecule has 9 nitrogen and oxygen atoms in total. The zero-order valence-corrected chi connectivity index (χ0v) is 21.0. The first-order chi connectivity index (χ1) is 17.7. The van der Waals surface area contributed by atoms with Crippen LogP contribution in [0.2, 0.25) is 0 Å². The number of amides is 2. The molecule has 37 heavy (non-hydrogen) atoms. The number of rotatable bonds is 10. The molecule has 4 rings (SSSR count). The van der Waals surface area contributed by atoms with Crippen LogP contribution in [0.25, 0.3) is 5.65 Å². The number of nitrogens with zero attached hydrogens (tertiary/aromatic N) is 5. The molecule has 1 atom stereocenters. The predicted molar refractivity (Wildman–Crippen MR) is 130 cm³/mol. The second-order valence-corrected chi connectivity index (χ2v) is 9.80. The molecule has 0 aliphatic heterocycles. The van der Waals surface area contributed by atoms with Gasteiger partial charge in [0.2, 0.25) is 11.8 Å². The molecule has 1 aliphatic rings. The Bertz CT molecular complexity index is 1230. The summed E-state index contributed by atoms with van der Waals surface area (Å²) in [6.45, 7) is 3.50. The third-order valence-electron chi connectivity index (χ3n) is 6.65. The molecule has 3 heterocycles. The normalized spacial score (nSPS) is 16.7. The van der Waals surface area contributed by atoms with Crippen LogP contribution in [0.3, 0.4) is 0 Å². The van der Waals surface area contributed by atoms with E-state index in [4.69, 9.17) is 0 Å². The van der Waals surface area contributed by atoms with Gasteiger partial charge in [-0.1, -0.05) is 0 Å². The summed E-state index contributed by atoms with van der Waals surface area (Å²) in [4.78, 5) is 29.7. The zero-order valence-electron chi connectivity index (χ0n) is 21.0. The van der Waals surface area contributed by atoms with Gasteiger partial charge in [-0.2, -0.15) is 10.2 Å². The molecule has 0 radical (unpaired) electrons. The Morgan fingerprint density at radius 1 is 1.22 bits per heavy atom. The van der Waals surface area contributed by atoms with Gasteiger partial charge in [-0.05, 0) is 56.7 Å². The number of nitrogens with one attached hydrogen (secondary N) is 2. The number of fused-ring (bicyclic) bond motifs is 1. The molecular formula is C25H32F3N7O2. The number of carbonyl (C=O) groups is 2. The van der Waals surface area contributed by atoms with E-state index in [9.17, 15) is 22.8 Å². The maximum Gasteiger partial charge on any atom is 0.270 e. The van der Waals surface area contributed by atoms with Crippen molar-refractivity contribution in [1.29, 1.82) is 0 Å². The predicted octanol–water partition coefficient (Wildman–Crippen LogP) is 4.17. The highest BCUT2D eigenvalue weighted by Gasteiger charge is 2.39. The maximum atomic E-state index is 13.9. The number of carbonyl (C=O) groups excluding carboxylic acids is 2. The number of alkyl halides is 3. The number of hydrogen-bond acceptors (Lipinski definition) is 5. The van der Waals surface area contributed by atoms with E-state index in [1.165, 1.54) is 0 Å². The summed E-state index contributed by atoms with van der Waals surface area (Å²) >= 11 is 0. The lowest BCUT2D eigenvalue weighted by Gasteiger charge is -2.33. The Morgan fingerprint density at radius 3 is 2.68 bits per heavy atom. The average Bonchev–Trinajstić information content (AvgIpc) is 3.52. The summed E-state index contributed by atoms with van der Waals surface area (Å²) in [6, 6.07) is 2.76. The molecule has 3 aromatic rings. The smallest absolute Gasteiger partial charge is 0.270 e. The second kappa shape index (κ2) is 11.3. The second-order valence-electron chi connectivity index (χ2n) is 9.80. The van der Waals surface area contributed by atoms with Crippen molar-refractivity contribution in [2.75, 3.05) is 6.67 Å². The van der Waals surface area contributed by atoms with E-state index in [1.807, 2.05) is 13.8 Å². The first-order valence-electron chi connectivity index (χ1n) is 12.6. The third-order valence-corrected chi connectivity index (χ3v) is 6.65. The van der Waals surface area contributed by atoms with Gasteiger partial charge < -0.3 is 10.6 Å². The van der Waals surface area contributed by atoms with Crippen molar-refractivity contribution in [1.82, 2.24) is 35.0 Å². The molecule has 200 valence electrons. The monoisotopic (exact) mass is 519 g/mol. The lowest BCUT2D eigenvalue weighted by molar-refractivity contribution is -0.121. The van der Waals surface area contributed by atoms with Crippen molar-refractivity contribution < 1.29 is 22.8 Å². The first-order valence-corrected chi connectivity index (χ1v) is 12.6. The molecule has 1 saturated carbocycles. The minimum atomic E-state index is -2.70. The minimum Gasteiger partial charge on any atom is -0.352 e. The summed E-state index contributed by atoms with van der Waals surface area (Å²) in [7, 11) is 0. The van der Waals surface area contributed by atoms with Gasteiger partial charge in [0.1, 0.15) is 5.69 Å². The quantitative estimate of drug-likeness (QED) is 0.418. The summed E-state index contributed by atoms with van der Waals surface area (Å²) < 4.78 is 43.3. The Balaban J connectivity index is 1.57. The van der Waals surface area contributed by atoms with E-state index < -0.39 is 18.6 Å². The van der Waals surface area contributed by atoms with Crippen LogP contribution in [0, 0.1) is 5.92 Å². The Hall–Kier alpha value is -3.44. The van der Waals surface area contributed by atoms with Crippen LogP contribution in [-0.4, -0.2) is 48.8 Å². The van der Waals surface area contributed by atoms with Gasteiger partial charge in [0.25, 0.3) is 5.91 Å². The summed E-state index contributed by atoms with van der Waals surface area (Å²) in [5.74, 6) is -3.53. The SMILES string of the molecule is CC(C)n1nccc1C(=O)N[C@H](c1cn2ncc(CNC(=O)CCCF)cc2n1)C1CCC(F)(F)CC1. The first kappa shape index (κ1) is 26.6. The van der Waals surface area contributed by atoms with Crippen LogP contribution in [-0.2, 0) is 11.3 Å². The van der Waals surface area contributed by atoms with E-state index in [0.717, 1.165) is 0 Å². The van der Waals surface area contributed by atoms with Crippen molar-refractivity contribution in [3.8, 4) is 0 Å². The van der Waals surface area contributed by atoms with E-state index in [1.54, 1.807) is 39.9 Å². The molecule has 0 saturated heterocycles. The van der Waals surface area contributed by atoms with Gasteiger partial charge in [-0.15, -0.1) is 0 Å². The molecule has 2 amide bonds. The van der Waals surface area contributed by atoms with Gasteiger partial charge >= 0.3 is 0 Å². The van der Waals surface area contributed by atoms with Crippen molar-refractivity contribution in [2.24, 2.45) is 5.92 Å². The van der Waals surface area contributed by atoms with Gasteiger partial charge in [0.05, 0.1) is 30.8 Å². The molecule has 1 aliphatic carbocycles. The molecule has 0 aromatic carbocycles. The van der Waals surface area contributed by atoms with Gasteiger partial charge in [0.15, 0.2) is 5.65 Å².